The molecule has 1 amide bonds. The summed E-state index contributed by atoms with van der Waals surface area (Å²) in [5.41, 5.74) is 2.12. The molecule has 1 aliphatic rings. The summed E-state index contributed by atoms with van der Waals surface area (Å²) in [5, 5.41) is 14.7. The molecule has 2 heterocycles. The van der Waals surface area contributed by atoms with Gasteiger partial charge in [0, 0.05) is 5.56 Å². The minimum atomic E-state index is -1.20. The lowest BCUT2D eigenvalue weighted by atomic mass is 10.1. The Hall–Kier alpha value is -4.17. The Morgan fingerprint density at radius 1 is 1.15 bits per heavy atom. The fourth-order valence-electron chi connectivity index (χ4n) is 3.38. The van der Waals surface area contributed by atoms with Gasteiger partial charge >= 0.3 is 11.9 Å². The Labute approximate surface area is 199 Å². The predicted molar refractivity (Wildman–Crippen MR) is 127 cm³/mol. The van der Waals surface area contributed by atoms with Gasteiger partial charge in [-0.25, -0.2) is 9.59 Å². The molecule has 0 atom stereocenters. The molecule has 2 aromatic carbocycles. The smallest absolute Gasteiger partial charge is 0.338 e. The number of benzene rings is 2. The van der Waals surface area contributed by atoms with Crippen molar-refractivity contribution in [1.82, 2.24) is 0 Å². The Balaban J connectivity index is 1.56. The average Bonchev–Trinajstić information content (AvgIpc) is 3.40. The summed E-state index contributed by atoms with van der Waals surface area (Å²) in [6.45, 7) is 3.72. The number of halogens is 1. The summed E-state index contributed by atoms with van der Waals surface area (Å²) in [5.74, 6) is -1.02. The van der Waals surface area contributed by atoms with Crippen LogP contribution < -0.4 is 5.01 Å². The van der Waals surface area contributed by atoms with Crippen LogP contribution in [0.2, 0.25) is 5.02 Å². The molecule has 0 aliphatic carbocycles. The molecule has 4 rings (SSSR count). The lowest BCUT2D eigenvalue weighted by Gasteiger charge is -2.12. The third-order valence-corrected chi connectivity index (χ3v) is 5.41. The molecule has 0 bridgehead atoms. The summed E-state index contributed by atoms with van der Waals surface area (Å²) >= 11 is 5.92. The lowest BCUT2D eigenvalue weighted by Crippen LogP contribution is -2.21. The number of amides is 1. The number of hydrazone groups is 1. The van der Waals surface area contributed by atoms with E-state index in [9.17, 15) is 19.5 Å². The number of rotatable bonds is 6. The van der Waals surface area contributed by atoms with Crippen molar-refractivity contribution in [2.45, 2.75) is 13.8 Å². The molecule has 3 aromatic rings. The van der Waals surface area contributed by atoms with E-state index in [0.29, 0.717) is 35.0 Å². The highest BCUT2D eigenvalue weighted by Gasteiger charge is 2.30. The molecule has 172 valence electrons. The van der Waals surface area contributed by atoms with Crippen LogP contribution in [0.15, 0.2) is 69.7 Å². The number of esters is 1. The first-order chi connectivity index (χ1) is 16.3. The zero-order chi connectivity index (χ0) is 24.4. The van der Waals surface area contributed by atoms with Gasteiger partial charge in [0.05, 0.1) is 39.7 Å². The maximum absolute atomic E-state index is 13.0. The number of aromatic carboxylic acids is 1. The van der Waals surface area contributed by atoms with E-state index in [-0.39, 0.29) is 16.3 Å². The number of nitrogens with zero attached hydrogens (tertiary/aromatic N) is 2. The van der Waals surface area contributed by atoms with Gasteiger partial charge in [-0.05, 0) is 62.4 Å². The number of carbonyl (C=O) groups excluding carboxylic acids is 2. The van der Waals surface area contributed by atoms with Crippen LogP contribution in [0.5, 0.6) is 0 Å². The van der Waals surface area contributed by atoms with E-state index in [1.807, 2.05) is 0 Å². The first-order valence-corrected chi connectivity index (χ1v) is 10.7. The van der Waals surface area contributed by atoms with E-state index in [2.05, 4.69) is 5.10 Å². The summed E-state index contributed by atoms with van der Waals surface area (Å²) in [6.07, 6.45) is 1.58. The van der Waals surface area contributed by atoms with Crippen LogP contribution in [0.4, 0.5) is 5.69 Å². The number of anilines is 1. The zero-order valence-corrected chi connectivity index (χ0v) is 19.0. The van der Waals surface area contributed by atoms with E-state index >= 15 is 0 Å². The first-order valence-electron chi connectivity index (χ1n) is 10.3. The number of ether oxygens (including phenoxy) is 1. The van der Waals surface area contributed by atoms with E-state index in [0.717, 1.165) is 10.6 Å². The van der Waals surface area contributed by atoms with E-state index < -0.39 is 17.8 Å². The largest absolute Gasteiger partial charge is 0.478 e. The van der Waals surface area contributed by atoms with Crippen molar-refractivity contribution in [2.24, 2.45) is 5.10 Å². The highest BCUT2D eigenvalue weighted by atomic mass is 35.5. The van der Waals surface area contributed by atoms with Gasteiger partial charge in [-0.1, -0.05) is 23.7 Å². The Morgan fingerprint density at radius 3 is 2.56 bits per heavy atom. The molecule has 34 heavy (non-hydrogen) atoms. The lowest BCUT2D eigenvalue weighted by molar-refractivity contribution is -0.114. The van der Waals surface area contributed by atoms with E-state index in [1.54, 1.807) is 56.3 Å². The highest BCUT2D eigenvalue weighted by molar-refractivity contribution is 6.34. The minimum absolute atomic E-state index is 0.0674. The normalized spacial score (nSPS) is 14.4. The predicted octanol–water partition coefficient (Wildman–Crippen LogP) is 5.28. The van der Waals surface area contributed by atoms with Crippen molar-refractivity contribution in [3.8, 4) is 11.3 Å². The van der Waals surface area contributed by atoms with E-state index in [4.69, 9.17) is 20.8 Å². The monoisotopic (exact) mass is 478 g/mol. The van der Waals surface area contributed by atoms with Crippen LogP contribution >= 0.6 is 11.6 Å². The van der Waals surface area contributed by atoms with Crippen molar-refractivity contribution >= 4 is 46.9 Å². The van der Waals surface area contributed by atoms with Crippen molar-refractivity contribution in [3.63, 3.8) is 0 Å². The third-order valence-electron chi connectivity index (χ3n) is 5.08. The van der Waals surface area contributed by atoms with Crippen LogP contribution in [0.1, 0.15) is 40.3 Å². The van der Waals surface area contributed by atoms with Gasteiger partial charge in [0.15, 0.2) is 0 Å². The summed E-state index contributed by atoms with van der Waals surface area (Å²) in [6, 6.07) is 14.5. The van der Waals surface area contributed by atoms with Crippen LogP contribution in [-0.4, -0.2) is 35.3 Å². The number of carbonyl (C=O) groups is 3. The standard InChI is InChI=1S/C25H19ClN2O6/c1-3-33-25(32)16-6-4-15(5-7-16)22-11-9-18(34-22)13-19-14(2)27-28(23(19)29)17-8-10-21(26)20(12-17)24(30)31/h4-13H,3H2,1-2H3,(H,30,31)/b19-13+. The highest BCUT2D eigenvalue weighted by Crippen LogP contribution is 2.30. The van der Waals surface area contributed by atoms with Crippen LogP contribution in [0.3, 0.4) is 0 Å². The number of carboxylic acid groups (broad SMARTS) is 1. The molecular weight excluding hydrogens is 460 g/mol. The quantitative estimate of drug-likeness (QED) is 0.381. The first kappa shape index (κ1) is 23.0. The van der Waals surface area contributed by atoms with Gasteiger partial charge in [0.2, 0.25) is 0 Å². The van der Waals surface area contributed by atoms with Crippen molar-refractivity contribution in [2.75, 3.05) is 11.6 Å². The third kappa shape index (κ3) is 4.49. The van der Waals surface area contributed by atoms with Crippen molar-refractivity contribution < 1.29 is 28.6 Å². The van der Waals surface area contributed by atoms with Gasteiger partial charge in [-0.2, -0.15) is 10.1 Å². The fourth-order valence-corrected chi connectivity index (χ4v) is 3.58. The van der Waals surface area contributed by atoms with Crippen LogP contribution in [-0.2, 0) is 9.53 Å². The minimum Gasteiger partial charge on any atom is -0.478 e. The number of hydrogen-bond acceptors (Lipinski definition) is 6. The molecule has 0 saturated heterocycles. The second-order valence-corrected chi connectivity index (χ2v) is 7.74. The van der Waals surface area contributed by atoms with Crippen molar-refractivity contribution in [3.05, 3.63) is 82.1 Å². The molecule has 0 fully saturated rings. The van der Waals surface area contributed by atoms with Crippen LogP contribution in [0, 0.1) is 0 Å². The molecule has 1 aromatic heterocycles. The van der Waals surface area contributed by atoms with Gasteiger partial charge in [-0.15, -0.1) is 0 Å². The molecule has 1 aliphatic heterocycles. The fraction of sp³-hybridized carbons (Fsp3) is 0.120. The van der Waals surface area contributed by atoms with E-state index in [1.165, 1.54) is 18.2 Å². The van der Waals surface area contributed by atoms with Gasteiger partial charge < -0.3 is 14.3 Å². The summed E-state index contributed by atoms with van der Waals surface area (Å²) in [7, 11) is 0. The Kier molecular flexibility index (Phi) is 6.34. The molecule has 9 heteroatoms. The average molecular weight is 479 g/mol. The maximum atomic E-state index is 13.0. The van der Waals surface area contributed by atoms with Gasteiger partial charge in [0.1, 0.15) is 11.5 Å². The second kappa shape index (κ2) is 9.36. The molecule has 8 nitrogen and oxygen atoms in total. The number of carboxylic acids is 1. The van der Waals surface area contributed by atoms with Crippen molar-refractivity contribution in [1.29, 1.82) is 0 Å². The molecule has 1 N–H and O–H groups in total. The molecular formula is C25H19ClN2O6. The van der Waals surface area contributed by atoms with Gasteiger partial charge in [0.25, 0.3) is 5.91 Å². The zero-order valence-electron chi connectivity index (χ0n) is 18.2. The maximum Gasteiger partial charge on any atom is 0.338 e. The number of furan rings is 1. The summed E-state index contributed by atoms with van der Waals surface area (Å²) < 4.78 is 10.9. The Morgan fingerprint density at radius 2 is 1.88 bits per heavy atom. The Bertz CT molecular complexity index is 1350. The number of hydrogen-bond donors (Lipinski definition) is 1. The molecule has 0 unspecified atom stereocenters. The summed E-state index contributed by atoms with van der Waals surface area (Å²) in [4.78, 5) is 36.2. The molecule has 0 spiro atoms. The van der Waals surface area contributed by atoms with Gasteiger partial charge in [-0.3, -0.25) is 4.79 Å². The topological polar surface area (TPSA) is 109 Å². The second-order valence-electron chi connectivity index (χ2n) is 7.33. The van der Waals surface area contributed by atoms with Crippen LogP contribution in [0.25, 0.3) is 17.4 Å². The SMILES string of the molecule is CCOC(=O)c1ccc(-c2ccc(/C=C3/C(=O)N(c4ccc(Cl)c(C(=O)O)c4)N=C3C)o2)cc1. The molecule has 0 radical (unpaired) electrons. The molecule has 0 saturated carbocycles.